The lowest BCUT2D eigenvalue weighted by atomic mass is 9.97. The maximum Gasteiger partial charge on any atom is 0.271 e. The SMILES string of the molecule is Cc1ccc([N+](=O)[O-])cc1NC(=O)C1CCN(S(=O)(=O)Cc2ccccc2F)CC1. The molecule has 0 saturated carbocycles. The van der Waals surface area contributed by atoms with Crippen molar-refractivity contribution >= 4 is 27.3 Å². The molecule has 160 valence electrons. The van der Waals surface area contributed by atoms with Crippen LogP contribution in [0.3, 0.4) is 0 Å². The summed E-state index contributed by atoms with van der Waals surface area (Å²) in [5.74, 6) is -1.71. The van der Waals surface area contributed by atoms with Crippen LogP contribution in [-0.4, -0.2) is 36.6 Å². The molecular weight excluding hydrogens is 413 g/mol. The Morgan fingerprint density at radius 3 is 2.53 bits per heavy atom. The van der Waals surface area contributed by atoms with E-state index in [0.717, 1.165) is 0 Å². The molecule has 1 N–H and O–H groups in total. The molecule has 1 saturated heterocycles. The highest BCUT2D eigenvalue weighted by molar-refractivity contribution is 7.88. The van der Waals surface area contributed by atoms with Gasteiger partial charge in [0.15, 0.2) is 0 Å². The Labute approximate surface area is 173 Å². The largest absolute Gasteiger partial charge is 0.325 e. The van der Waals surface area contributed by atoms with E-state index in [4.69, 9.17) is 0 Å². The third kappa shape index (κ3) is 5.00. The summed E-state index contributed by atoms with van der Waals surface area (Å²) >= 11 is 0. The Balaban J connectivity index is 1.61. The molecule has 0 unspecified atom stereocenters. The summed E-state index contributed by atoms with van der Waals surface area (Å²) in [6.45, 7) is 2.04. The molecule has 0 aliphatic carbocycles. The number of sulfonamides is 1. The summed E-state index contributed by atoms with van der Waals surface area (Å²) in [6.07, 6.45) is 0.632. The van der Waals surface area contributed by atoms with E-state index < -0.39 is 32.4 Å². The lowest BCUT2D eigenvalue weighted by molar-refractivity contribution is -0.384. The van der Waals surface area contributed by atoms with Gasteiger partial charge in [0.2, 0.25) is 15.9 Å². The molecule has 8 nitrogen and oxygen atoms in total. The molecule has 2 aromatic rings. The van der Waals surface area contributed by atoms with Crippen LogP contribution < -0.4 is 5.32 Å². The molecule has 1 aliphatic heterocycles. The number of nitrogens with zero attached hydrogens (tertiary/aromatic N) is 2. The molecule has 0 spiro atoms. The number of benzene rings is 2. The van der Waals surface area contributed by atoms with Gasteiger partial charge in [-0.2, -0.15) is 0 Å². The van der Waals surface area contributed by atoms with Crippen LogP contribution in [0.1, 0.15) is 24.0 Å². The van der Waals surface area contributed by atoms with Crippen LogP contribution in [0.25, 0.3) is 0 Å². The van der Waals surface area contributed by atoms with Gasteiger partial charge in [-0.05, 0) is 31.4 Å². The van der Waals surface area contributed by atoms with Gasteiger partial charge in [0.05, 0.1) is 16.4 Å². The normalized spacial score (nSPS) is 15.7. The van der Waals surface area contributed by atoms with Crippen molar-refractivity contribution in [3.63, 3.8) is 0 Å². The van der Waals surface area contributed by atoms with Crippen molar-refractivity contribution in [1.82, 2.24) is 4.31 Å². The Kier molecular flexibility index (Phi) is 6.47. The highest BCUT2D eigenvalue weighted by Crippen LogP contribution is 2.26. The predicted octanol–water partition coefficient (Wildman–Crippen LogP) is 3.22. The minimum Gasteiger partial charge on any atom is -0.325 e. The minimum absolute atomic E-state index is 0.110. The summed E-state index contributed by atoms with van der Waals surface area (Å²) in [4.78, 5) is 23.0. The van der Waals surface area contributed by atoms with Gasteiger partial charge < -0.3 is 5.32 Å². The number of aryl methyl sites for hydroxylation is 1. The third-order valence-corrected chi connectivity index (χ3v) is 7.03. The van der Waals surface area contributed by atoms with Gasteiger partial charge in [0.1, 0.15) is 5.82 Å². The van der Waals surface area contributed by atoms with Crippen molar-refractivity contribution < 1.29 is 22.5 Å². The van der Waals surface area contributed by atoms with Crippen LogP contribution in [0.5, 0.6) is 0 Å². The summed E-state index contributed by atoms with van der Waals surface area (Å²) in [5.41, 5.74) is 1.05. The second kappa shape index (κ2) is 8.88. The molecule has 3 rings (SSSR count). The lowest BCUT2D eigenvalue weighted by Crippen LogP contribution is -2.42. The minimum atomic E-state index is -3.70. The molecule has 1 heterocycles. The molecule has 1 aliphatic rings. The van der Waals surface area contributed by atoms with E-state index in [-0.39, 0.29) is 30.2 Å². The van der Waals surface area contributed by atoms with E-state index in [1.807, 2.05) is 0 Å². The number of carbonyl (C=O) groups is 1. The zero-order valence-electron chi connectivity index (χ0n) is 16.4. The van der Waals surface area contributed by atoms with Crippen molar-refractivity contribution in [2.75, 3.05) is 18.4 Å². The Bertz CT molecular complexity index is 1070. The quantitative estimate of drug-likeness (QED) is 0.553. The number of amides is 1. The molecule has 0 aromatic heterocycles. The number of nitro groups is 1. The first kappa shape index (κ1) is 21.8. The number of halogens is 1. The highest BCUT2D eigenvalue weighted by Gasteiger charge is 2.32. The number of nitrogens with one attached hydrogen (secondary N) is 1. The zero-order valence-corrected chi connectivity index (χ0v) is 17.2. The summed E-state index contributed by atoms with van der Waals surface area (Å²) < 4.78 is 40.3. The van der Waals surface area contributed by atoms with Gasteiger partial charge >= 0.3 is 0 Å². The molecule has 2 aromatic carbocycles. The van der Waals surface area contributed by atoms with Gasteiger partial charge in [-0.25, -0.2) is 17.1 Å². The van der Waals surface area contributed by atoms with Gasteiger partial charge in [-0.3, -0.25) is 14.9 Å². The molecule has 1 amide bonds. The fourth-order valence-corrected chi connectivity index (χ4v) is 4.97. The number of non-ortho nitro benzene ring substituents is 1. The van der Waals surface area contributed by atoms with Crippen molar-refractivity contribution in [2.45, 2.75) is 25.5 Å². The molecule has 0 bridgehead atoms. The number of hydrogen-bond acceptors (Lipinski definition) is 5. The van der Waals surface area contributed by atoms with Crippen LogP contribution in [-0.2, 0) is 20.6 Å². The molecule has 1 fully saturated rings. The number of carbonyl (C=O) groups excluding carboxylic acids is 1. The number of piperidine rings is 1. The number of hydrogen-bond donors (Lipinski definition) is 1. The van der Waals surface area contributed by atoms with E-state index in [1.165, 1.54) is 34.6 Å². The van der Waals surface area contributed by atoms with Crippen molar-refractivity contribution in [2.24, 2.45) is 5.92 Å². The monoisotopic (exact) mass is 435 g/mol. The van der Waals surface area contributed by atoms with E-state index in [0.29, 0.717) is 24.1 Å². The fourth-order valence-electron chi connectivity index (χ4n) is 3.39. The van der Waals surface area contributed by atoms with E-state index in [9.17, 15) is 27.7 Å². The molecular formula is C20H22FN3O5S. The molecule has 0 atom stereocenters. The average molecular weight is 435 g/mol. The van der Waals surface area contributed by atoms with Crippen LogP contribution in [0.2, 0.25) is 0 Å². The fraction of sp³-hybridized carbons (Fsp3) is 0.350. The standard InChI is InChI=1S/C20H22FN3O5S/c1-14-6-7-17(24(26)27)12-19(14)22-20(25)15-8-10-23(11-9-15)30(28,29)13-16-4-2-3-5-18(16)21/h2-7,12,15H,8-11,13H2,1H3,(H,22,25). The lowest BCUT2D eigenvalue weighted by Gasteiger charge is -2.30. The van der Waals surface area contributed by atoms with Gasteiger partial charge in [-0.1, -0.05) is 24.3 Å². The summed E-state index contributed by atoms with van der Waals surface area (Å²) in [7, 11) is -3.70. The zero-order chi connectivity index (χ0) is 21.9. The first-order valence-corrected chi connectivity index (χ1v) is 11.1. The number of anilines is 1. The van der Waals surface area contributed by atoms with Crippen LogP contribution in [0, 0.1) is 28.8 Å². The number of nitro benzene ring substituents is 1. The second-order valence-electron chi connectivity index (χ2n) is 7.27. The van der Waals surface area contributed by atoms with E-state index >= 15 is 0 Å². The topological polar surface area (TPSA) is 110 Å². The van der Waals surface area contributed by atoms with Crippen molar-refractivity contribution in [3.05, 3.63) is 69.5 Å². The predicted molar refractivity (Wildman–Crippen MR) is 110 cm³/mol. The van der Waals surface area contributed by atoms with Gasteiger partial charge in [-0.15, -0.1) is 0 Å². The number of rotatable bonds is 6. The van der Waals surface area contributed by atoms with Crippen LogP contribution in [0.4, 0.5) is 15.8 Å². The van der Waals surface area contributed by atoms with E-state index in [1.54, 1.807) is 19.1 Å². The van der Waals surface area contributed by atoms with Crippen LogP contribution in [0.15, 0.2) is 42.5 Å². The molecule has 30 heavy (non-hydrogen) atoms. The van der Waals surface area contributed by atoms with Crippen molar-refractivity contribution in [3.8, 4) is 0 Å². The maximum absolute atomic E-state index is 13.8. The van der Waals surface area contributed by atoms with Gasteiger partial charge in [0.25, 0.3) is 5.69 Å². The first-order valence-electron chi connectivity index (χ1n) is 9.44. The Morgan fingerprint density at radius 1 is 1.23 bits per heavy atom. The summed E-state index contributed by atoms with van der Waals surface area (Å²) in [6, 6.07) is 9.97. The highest BCUT2D eigenvalue weighted by atomic mass is 32.2. The molecule has 0 radical (unpaired) electrons. The second-order valence-corrected chi connectivity index (χ2v) is 9.24. The summed E-state index contributed by atoms with van der Waals surface area (Å²) in [5, 5.41) is 13.7. The Hall–Kier alpha value is -2.85. The van der Waals surface area contributed by atoms with Crippen molar-refractivity contribution in [1.29, 1.82) is 0 Å². The van der Waals surface area contributed by atoms with E-state index in [2.05, 4.69) is 5.32 Å². The van der Waals surface area contributed by atoms with Gasteiger partial charge in [0, 0.05) is 36.7 Å². The Morgan fingerprint density at radius 2 is 1.90 bits per heavy atom. The van der Waals surface area contributed by atoms with Crippen LogP contribution >= 0.6 is 0 Å². The maximum atomic E-state index is 13.8. The average Bonchev–Trinajstić information content (AvgIpc) is 2.71. The third-order valence-electron chi connectivity index (χ3n) is 5.20. The molecule has 10 heteroatoms. The smallest absolute Gasteiger partial charge is 0.271 e. The first-order chi connectivity index (χ1) is 14.2.